The summed E-state index contributed by atoms with van der Waals surface area (Å²) >= 11 is 0. The predicted molar refractivity (Wildman–Crippen MR) is 205 cm³/mol. The standard InChI is InChI=1S/C45H26N4O2/c1-3-12-27(13-4-1)43-46-44(28-14-5-2-6-15-28)48-45(47-43)29-22-23-31-32-18-11-20-37(41(32)51-39(31)26-29)49-35-19-9-7-17-34(35)40-36(49)25-24-33-30-16-8-10-21-38(30)50-42(33)40/h1-26H/i1D,3D,4D,12D,13D. The molecule has 238 valence electrons. The van der Waals surface area contributed by atoms with Gasteiger partial charge >= 0.3 is 0 Å². The number of fused-ring (bicyclic) bond motifs is 10. The summed E-state index contributed by atoms with van der Waals surface area (Å²) in [6, 6.07) is 39.7. The molecule has 4 aromatic heterocycles. The van der Waals surface area contributed by atoms with Crippen molar-refractivity contribution in [2.24, 2.45) is 0 Å². The fourth-order valence-electron chi connectivity index (χ4n) is 7.29. The molecule has 0 spiro atoms. The molecular formula is C45H26N4O2. The molecular weight excluding hydrogens is 629 g/mol. The number of para-hydroxylation sites is 3. The van der Waals surface area contributed by atoms with Gasteiger partial charge in [0, 0.05) is 43.6 Å². The zero-order valence-corrected chi connectivity index (χ0v) is 26.7. The van der Waals surface area contributed by atoms with Crippen molar-refractivity contribution in [3.05, 3.63) is 158 Å². The van der Waals surface area contributed by atoms with Crippen LogP contribution in [0.3, 0.4) is 0 Å². The molecule has 0 aliphatic heterocycles. The summed E-state index contributed by atoms with van der Waals surface area (Å²) in [4.78, 5) is 14.2. The van der Waals surface area contributed by atoms with Gasteiger partial charge in [-0.15, -0.1) is 0 Å². The Bertz CT molecular complexity index is 3420. The smallest absolute Gasteiger partial charge is 0.164 e. The minimum Gasteiger partial charge on any atom is -0.455 e. The first-order valence-electron chi connectivity index (χ1n) is 19.0. The van der Waals surface area contributed by atoms with Crippen LogP contribution >= 0.6 is 0 Å². The maximum atomic E-state index is 8.64. The fourth-order valence-corrected chi connectivity index (χ4v) is 7.29. The van der Waals surface area contributed by atoms with Crippen LogP contribution in [-0.4, -0.2) is 19.5 Å². The van der Waals surface area contributed by atoms with E-state index in [2.05, 4.69) is 45.9 Å². The highest BCUT2D eigenvalue weighted by molar-refractivity contribution is 6.24. The van der Waals surface area contributed by atoms with E-state index < -0.39 is 30.2 Å². The van der Waals surface area contributed by atoms with Gasteiger partial charge in [0.15, 0.2) is 23.1 Å². The van der Waals surface area contributed by atoms with Gasteiger partial charge in [-0.2, -0.15) is 0 Å². The molecule has 0 radical (unpaired) electrons. The van der Waals surface area contributed by atoms with E-state index >= 15 is 0 Å². The molecule has 0 N–H and O–H groups in total. The zero-order valence-electron chi connectivity index (χ0n) is 31.7. The number of aromatic nitrogens is 4. The van der Waals surface area contributed by atoms with Crippen molar-refractivity contribution >= 4 is 65.7 Å². The molecule has 0 aliphatic rings. The van der Waals surface area contributed by atoms with Crippen LogP contribution in [0.4, 0.5) is 0 Å². The van der Waals surface area contributed by atoms with Crippen molar-refractivity contribution in [3.63, 3.8) is 0 Å². The summed E-state index contributed by atoms with van der Waals surface area (Å²) in [6.45, 7) is 0. The first-order valence-corrected chi connectivity index (χ1v) is 16.5. The third-order valence-electron chi connectivity index (χ3n) is 9.55. The Morgan fingerprint density at radius 1 is 0.451 bits per heavy atom. The minimum atomic E-state index is -0.486. The van der Waals surface area contributed by atoms with Crippen molar-refractivity contribution in [3.8, 4) is 39.9 Å². The molecule has 0 saturated carbocycles. The van der Waals surface area contributed by atoms with E-state index in [1.54, 1.807) is 0 Å². The van der Waals surface area contributed by atoms with Gasteiger partial charge in [0.1, 0.15) is 16.7 Å². The first-order chi connectivity index (χ1) is 27.4. The van der Waals surface area contributed by atoms with Crippen molar-refractivity contribution < 1.29 is 15.7 Å². The van der Waals surface area contributed by atoms with Gasteiger partial charge in [0.2, 0.25) is 0 Å². The number of rotatable bonds is 4. The predicted octanol–water partition coefficient (Wildman–Crippen LogP) is 11.8. The molecule has 0 atom stereocenters. The second-order valence-electron chi connectivity index (χ2n) is 12.4. The highest BCUT2D eigenvalue weighted by Gasteiger charge is 2.22. The lowest BCUT2D eigenvalue weighted by atomic mass is 10.1. The van der Waals surface area contributed by atoms with Gasteiger partial charge in [-0.1, -0.05) is 115 Å². The molecule has 0 aliphatic carbocycles. The van der Waals surface area contributed by atoms with Gasteiger partial charge in [-0.3, -0.25) is 0 Å². The third-order valence-corrected chi connectivity index (χ3v) is 9.55. The van der Waals surface area contributed by atoms with Crippen LogP contribution in [0.15, 0.2) is 166 Å². The molecule has 4 heterocycles. The first kappa shape index (κ1) is 23.3. The lowest BCUT2D eigenvalue weighted by molar-refractivity contribution is 0.666. The Labute approximate surface area is 297 Å². The zero-order chi connectivity index (χ0) is 37.8. The van der Waals surface area contributed by atoms with E-state index in [0.717, 1.165) is 60.2 Å². The van der Waals surface area contributed by atoms with Crippen molar-refractivity contribution in [2.45, 2.75) is 0 Å². The van der Waals surface area contributed by atoms with Gasteiger partial charge in [-0.25, -0.2) is 15.0 Å². The highest BCUT2D eigenvalue weighted by atomic mass is 16.3. The summed E-state index contributed by atoms with van der Waals surface area (Å²) in [7, 11) is 0. The summed E-state index contributed by atoms with van der Waals surface area (Å²) < 4.78 is 57.5. The number of furan rings is 2. The van der Waals surface area contributed by atoms with Crippen LogP contribution in [0.5, 0.6) is 0 Å². The molecule has 0 saturated heterocycles. The van der Waals surface area contributed by atoms with Crippen LogP contribution in [0.2, 0.25) is 0 Å². The van der Waals surface area contributed by atoms with Crippen LogP contribution in [0.25, 0.3) is 106 Å². The molecule has 7 aromatic carbocycles. The second-order valence-corrected chi connectivity index (χ2v) is 12.4. The second kappa shape index (κ2) is 10.7. The Kier molecular flexibility index (Phi) is 4.91. The van der Waals surface area contributed by atoms with Crippen LogP contribution in [0, 0.1) is 0 Å². The number of hydrogen-bond acceptors (Lipinski definition) is 5. The average Bonchev–Trinajstić information content (AvgIpc) is 3.92. The Morgan fingerprint density at radius 3 is 1.96 bits per heavy atom. The van der Waals surface area contributed by atoms with E-state index in [4.69, 9.17) is 25.7 Å². The van der Waals surface area contributed by atoms with Crippen molar-refractivity contribution in [1.29, 1.82) is 0 Å². The summed E-state index contributed by atoms with van der Waals surface area (Å²) in [5, 5.41) is 6.07. The summed E-state index contributed by atoms with van der Waals surface area (Å²) in [5.74, 6) is 0.539. The molecule has 0 unspecified atom stereocenters. The van der Waals surface area contributed by atoms with Gasteiger partial charge < -0.3 is 13.4 Å². The summed E-state index contributed by atoms with van der Waals surface area (Å²) in [5.41, 5.74) is 7.07. The number of hydrogen-bond donors (Lipinski definition) is 0. The molecule has 6 heteroatoms. The van der Waals surface area contributed by atoms with E-state index in [9.17, 15) is 0 Å². The van der Waals surface area contributed by atoms with Gasteiger partial charge in [0.05, 0.1) is 29.0 Å². The van der Waals surface area contributed by atoms with E-state index in [0.29, 0.717) is 28.1 Å². The third kappa shape index (κ3) is 4.20. The monoisotopic (exact) mass is 659 g/mol. The molecule has 11 aromatic rings. The van der Waals surface area contributed by atoms with E-state index in [-0.39, 0.29) is 17.2 Å². The van der Waals surface area contributed by atoms with Crippen LogP contribution in [-0.2, 0) is 0 Å². The highest BCUT2D eigenvalue weighted by Crippen LogP contribution is 2.43. The SMILES string of the molecule is [2H]c1c([2H])c([2H])c(-c2nc(-c3ccccc3)nc(-c3ccc4c(c3)oc3c(-n5c6ccccc6c6c7oc8ccccc8c7ccc65)cccc34)n2)c([2H])c1[2H]. The van der Waals surface area contributed by atoms with E-state index in [1.165, 1.54) is 0 Å². The average molecular weight is 660 g/mol. The van der Waals surface area contributed by atoms with Gasteiger partial charge in [0.25, 0.3) is 0 Å². The Hall–Kier alpha value is -7.05. The van der Waals surface area contributed by atoms with Crippen LogP contribution < -0.4 is 0 Å². The summed E-state index contributed by atoms with van der Waals surface area (Å²) in [6.07, 6.45) is 0. The lowest BCUT2D eigenvalue weighted by Gasteiger charge is -2.08. The molecule has 0 fully saturated rings. The molecule has 0 amide bonds. The van der Waals surface area contributed by atoms with E-state index in [1.807, 2.05) is 91.0 Å². The normalized spacial score (nSPS) is 13.3. The minimum absolute atomic E-state index is 0.0252. The molecule has 51 heavy (non-hydrogen) atoms. The number of nitrogens with zero attached hydrogens (tertiary/aromatic N) is 4. The van der Waals surface area contributed by atoms with Gasteiger partial charge in [-0.05, 0) is 42.5 Å². The molecule has 6 nitrogen and oxygen atoms in total. The maximum Gasteiger partial charge on any atom is 0.164 e. The number of benzene rings is 7. The lowest BCUT2D eigenvalue weighted by Crippen LogP contribution is -2.00. The topological polar surface area (TPSA) is 69.9 Å². The molecule has 11 rings (SSSR count). The molecule has 0 bridgehead atoms. The van der Waals surface area contributed by atoms with Crippen molar-refractivity contribution in [1.82, 2.24) is 19.5 Å². The largest absolute Gasteiger partial charge is 0.455 e. The quantitative estimate of drug-likeness (QED) is 0.188. The Morgan fingerprint density at radius 2 is 1.10 bits per heavy atom. The van der Waals surface area contributed by atoms with Crippen LogP contribution in [0.1, 0.15) is 6.85 Å². The van der Waals surface area contributed by atoms with Crippen molar-refractivity contribution in [2.75, 3.05) is 0 Å². The fraction of sp³-hybridized carbons (Fsp3) is 0. The Balaban J connectivity index is 1.12. The maximum absolute atomic E-state index is 8.64.